The monoisotopic (exact) mass is 651 g/mol. The van der Waals surface area contributed by atoms with E-state index in [0.717, 1.165) is 5.56 Å². The summed E-state index contributed by atoms with van der Waals surface area (Å²) in [6, 6.07) is 15.7. The summed E-state index contributed by atoms with van der Waals surface area (Å²) < 4.78 is 5.18. The molecule has 3 amide bonds. The Kier molecular flexibility index (Phi) is 11.1. The largest absolute Gasteiger partial charge is 0.480 e. The fourth-order valence-electron chi connectivity index (χ4n) is 4.67. The van der Waals surface area contributed by atoms with Gasteiger partial charge in [-0.15, -0.1) is 0 Å². The van der Waals surface area contributed by atoms with Crippen LogP contribution in [0.25, 0.3) is 22.2 Å². The number of pyridine rings is 2. The van der Waals surface area contributed by atoms with Crippen LogP contribution in [-0.4, -0.2) is 73.8 Å². The van der Waals surface area contributed by atoms with Crippen molar-refractivity contribution in [2.75, 3.05) is 13.2 Å². The van der Waals surface area contributed by atoms with E-state index in [4.69, 9.17) is 4.74 Å². The highest BCUT2D eigenvalue weighted by atomic mass is 16.6. The molecule has 0 fully saturated rings. The van der Waals surface area contributed by atoms with Gasteiger partial charge in [0.2, 0.25) is 0 Å². The molecule has 2 heterocycles. The minimum absolute atomic E-state index is 0.00265. The molecule has 0 aliphatic carbocycles. The number of hydrogen-bond donors (Lipinski definition) is 4. The second-order valence-electron chi connectivity index (χ2n) is 12.3. The lowest BCUT2D eigenvalue weighted by Gasteiger charge is -2.29. The molecular weight excluding hydrogens is 614 g/mol. The number of carboxylic acid groups (broad SMARTS) is 1. The lowest BCUT2D eigenvalue weighted by Crippen LogP contribution is -2.48. The van der Waals surface area contributed by atoms with Crippen molar-refractivity contribution in [2.24, 2.45) is 5.92 Å². The number of carboxylic acids is 1. The van der Waals surface area contributed by atoms with Gasteiger partial charge in [0.05, 0.1) is 23.4 Å². The van der Waals surface area contributed by atoms with Crippen LogP contribution in [0.2, 0.25) is 0 Å². The molecule has 2 aromatic carbocycles. The zero-order valence-corrected chi connectivity index (χ0v) is 27.3. The Morgan fingerprint density at radius 3 is 2.12 bits per heavy atom. The summed E-state index contributed by atoms with van der Waals surface area (Å²) >= 11 is 0. The summed E-state index contributed by atoms with van der Waals surface area (Å²) in [5.74, 6) is 3.81. The minimum Gasteiger partial charge on any atom is -0.480 e. The summed E-state index contributed by atoms with van der Waals surface area (Å²) in [5, 5.41) is 19.6. The number of hydrazine groups is 1. The molecule has 0 bridgehead atoms. The molecule has 0 radical (unpaired) electrons. The predicted molar refractivity (Wildman–Crippen MR) is 179 cm³/mol. The lowest BCUT2D eigenvalue weighted by molar-refractivity contribution is -0.143. The quantitative estimate of drug-likeness (QED) is 0.159. The van der Waals surface area contributed by atoms with Crippen LogP contribution in [0.3, 0.4) is 0 Å². The molecular formula is C36H37N5O7. The summed E-state index contributed by atoms with van der Waals surface area (Å²) in [6.45, 7) is 8.36. The molecule has 4 rings (SSSR count). The molecule has 1 atom stereocenters. The Labute approximate surface area is 278 Å². The fourth-order valence-corrected chi connectivity index (χ4v) is 4.67. The van der Waals surface area contributed by atoms with Gasteiger partial charge in [0, 0.05) is 46.6 Å². The van der Waals surface area contributed by atoms with Crippen molar-refractivity contribution >= 4 is 34.8 Å². The van der Waals surface area contributed by atoms with Crippen LogP contribution in [-0.2, 0) is 9.53 Å². The molecule has 0 aliphatic heterocycles. The van der Waals surface area contributed by atoms with Gasteiger partial charge >= 0.3 is 12.1 Å². The number of benzene rings is 2. The summed E-state index contributed by atoms with van der Waals surface area (Å²) in [4.78, 5) is 59.9. The van der Waals surface area contributed by atoms with Crippen LogP contribution in [0.1, 0.15) is 66.5 Å². The third-order valence-corrected chi connectivity index (χ3v) is 6.85. The van der Waals surface area contributed by atoms with Crippen LogP contribution < -0.4 is 10.9 Å². The highest BCUT2D eigenvalue weighted by molar-refractivity contribution is 6.07. The first-order chi connectivity index (χ1) is 22.8. The highest BCUT2D eigenvalue weighted by Gasteiger charge is 2.30. The first kappa shape index (κ1) is 35.1. The minimum atomic E-state index is -1.34. The molecule has 0 aliphatic rings. The van der Waals surface area contributed by atoms with Crippen molar-refractivity contribution in [2.45, 2.75) is 46.3 Å². The Morgan fingerprint density at radius 1 is 0.938 bits per heavy atom. The summed E-state index contributed by atoms with van der Waals surface area (Å²) in [5.41, 5.74) is 7.59. The van der Waals surface area contributed by atoms with E-state index < -0.39 is 42.1 Å². The number of nitrogens with zero attached hydrogens (tertiary/aromatic N) is 3. The topological polar surface area (TPSA) is 171 Å². The van der Waals surface area contributed by atoms with Crippen LogP contribution in [0, 0.1) is 17.8 Å². The molecule has 4 aromatic rings. The molecule has 248 valence electrons. The number of amides is 3. The van der Waals surface area contributed by atoms with Gasteiger partial charge in [-0.05, 0) is 75.2 Å². The summed E-state index contributed by atoms with van der Waals surface area (Å²) in [7, 11) is 0. The van der Waals surface area contributed by atoms with E-state index in [2.05, 4.69) is 32.7 Å². The Balaban J connectivity index is 1.51. The molecule has 2 aromatic heterocycles. The van der Waals surface area contributed by atoms with Crippen molar-refractivity contribution in [1.82, 2.24) is 25.7 Å². The maximum atomic E-state index is 13.1. The molecule has 12 nitrogen and oxygen atoms in total. The Morgan fingerprint density at radius 2 is 1.56 bits per heavy atom. The van der Waals surface area contributed by atoms with Crippen molar-refractivity contribution < 1.29 is 34.1 Å². The van der Waals surface area contributed by atoms with E-state index in [1.807, 2.05) is 38.1 Å². The van der Waals surface area contributed by atoms with Crippen molar-refractivity contribution in [3.05, 3.63) is 95.3 Å². The van der Waals surface area contributed by atoms with E-state index in [9.17, 15) is 29.4 Å². The smallest absolute Gasteiger partial charge is 0.426 e. The third kappa shape index (κ3) is 9.14. The number of fused-ring (bicyclic) bond motifs is 1. The first-order valence-electron chi connectivity index (χ1n) is 15.2. The Bertz CT molecular complexity index is 1870. The average molecular weight is 652 g/mol. The molecule has 0 saturated carbocycles. The lowest BCUT2D eigenvalue weighted by atomic mass is 10.0. The molecule has 0 saturated heterocycles. The van der Waals surface area contributed by atoms with E-state index in [1.165, 1.54) is 11.1 Å². The van der Waals surface area contributed by atoms with Gasteiger partial charge in [0.15, 0.2) is 6.04 Å². The van der Waals surface area contributed by atoms with Crippen molar-refractivity contribution in [3.63, 3.8) is 0 Å². The number of hydrogen-bond acceptors (Lipinski definition) is 8. The number of aromatic nitrogens is 2. The summed E-state index contributed by atoms with van der Waals surface area (Å²) in [6.07, 6.45) is 2.30. The normalized spacial score (nSPS) is 11.6. The van der Waals surface area contributed by atoms with Crippen LogP contribution in [0.15, 0.2) is 73.1 Å². The van der Waals surface area contributed by atoms with Crippen LogP contribution in [0.4, 0.5) is 4.79 Å². The number of rotatable bonds is 8. The Hall–Kier alpha value is -5.80. The van der Waals surface area contributed by atoms with Gasteiger partial charge in [-0.2, -0.15) is 0 Å². The maximum absolute atomic E-state index is 13.1. The maximum Gasteiger partial charge on any atom is 0.426 e. The molecule has 12 heteroatoms. The van der Waals surface area contributed by atoms with Crippen LogP contribution in [0.5, 0.6) is 0 Å². The van der Waals surface area contributed by atoms with Gasteiger partial charge in [-0.3, -0.25) is 20.0 Å². The zero-order chi connectivity index (χ0) is 35.0. The SMILES string of the molecule is CC(C)CN(C(=O)c1ccc(C#Cc2ccc(-c3cc(C(=O)NNC(=O)OC(C)(C)C)c4cnccc4n3)cc2)cc1)C(CO)C(=O)O. The number of carbonyl (C=O) groups is 4. The van der Waals surface area contributed by atoms with E-state index >= 15 is 0 Å². The van der Waals surface area contributed by atoms with Gasteiger partial charge < -0.3 is 19.8 Å². The van der Waals surface area contributed by atoms with Gasteiger partial charge in [0.25, 0.3) is 11.8 Å². The van der Waals surface area contributed by atoms with Gasteiger partial charge in [0.1, 0.15) is 5.60 Å². The van der Waals surface area contributed by atoms with E-state index in [-0.39, 0.29) is 23.6 Å². The molecule has 4 N–H and O–H groups in total. The second-order valence-corrected chi connectivity index (χ2v) is 12.3. The van der Waals surface area contributed by atoms with Crippen LogP contribution >= 0.6 is 0 Å². The third-order valence-electron chi connectivity index (χ3n) is 6.85. The van der Waals surface area contributed by atoms with E-state index in [1.54, 1.807) is 63.4 Å². The predicted octanol–water partition coefficient (Wildman–Crippen LogP) is 4.41. The molecule has 0 spiro atoms. The number of aliphatic carboxylic acids is 1. The van der Waals surface area contributed by atoms with Crippen molar-refractivity contribution in [1.29, 1.82) is 0 Å². The second kappa shape index (κ2) is 15.2. The van der Waals surface area contributed by atoms with Gasteiger partial charge in [-0.1, -0.05) is 37.8 Å². The van der Waals surface area contributed by atoms with Gasteiger partial charge in [-0.25, -0.2) is 20.0 Å². The zero-order valence-electron chi connectivity index (χ0n) is 27.3. The fraction of sp³-hybridized carbons (Fsp3) is 0.278. The number of aliphatic hydroxyl groups excluding tert-OH is 1. The number of carbonyl (C=O) groups excluding carboxylic acids is 3. The number of ether oxygens (including phenoxy) is 1. The van der Waals surface area contributed by atoms with Crippen molar-refractivity contribution in [3.8, 4) is 23.1 Å². The van der Waals surface area contributed by atoms with E-state index in [0.29, 0.717) is 27.7 Å². The molecule has 1 unspecified atom stereocenters. The first-order valence-corrected chi connectivity index (χ1v) is 15.2. The standard InChI is InChI=1S/C36H37N5O7/c1-22(2)20-41(31(21-42)34(45)46)33(44)26-14-10-24(11-15-26)7-6-23-8-12-25(13-9-23)30-18-27(28-19-37-17-16-29(28)38-30)32(43)39-40-35(47)48-36(3,4)5/h8-19,22,31,42H,20-21H2,1-5H3,(H,39,43)(H,40,47)(H,45,46). The number of nitrogens with one attached hydrogen (secondary N) is 2. The molecule has 48 heavy (non-hydrogen) atoms. The number of aliphatic hydroxyl groups is 1. The average Bonchev–Trinajstić information content (AvgIpc) is 3.04. The highest BCUT2D eigenvalue weighted by Crippen LogP contribution is 2.25.